The van der Waals surface area contributed by atoms with Crippen LogP contribution in [0.15, 0.2) is 28.5 Å². The second kappa shape index (κ2) is 5.73. The summed E-state index contributed by atoms with van der Waals surface area (Å²) in [5.74, 6) is 0.580. The van der Waals surface area contributed by atoms with Gasteiger partial charge in [0.1, 0.15) is 10.8 Å². The molecule has 0 spiro atoms. The lowest BCUT2D eigenvalue weighted by atomic mass is 10.4. The summed E-state index contributed by atoms with van der Waals surface area (Å²) in [6.07, 6.45) is 1.70. The van der Waals surface area contributed by atoms with E-state index in [0.717, 1.165) is 5.69 Å². The summed E-state index contributed by atoms with van der Waals surface area (Å²) in [5, 5.41) is 5.09. The lowest BCUT2D eigenvalue weighted by Gasteiger charge is -2.07. The van der Waals surface area contributed by atoms with Crippen molar-refractivity contribution >= 4 is 40.8 Å². The van der Waals surface area contributed by atoms with E-state index in [9.17, 15) is 0 Å². The molecule has 2 heterocycles. The Morgan fingerprint density at radius 3 is 2.67 bits per heavy atom. The SMILES string of the molecule is CNc1nc(Sc2nccc(C)n2)c(Cl)cc1Cl. The molecule has 4 nitrogen and oxygen atoms in total. The van der Waals surface area contributed by atoms with E-state index in [0.29, 0.717) is 26.0 Å². The van der Waals surface area contributed by atoms with Crippen molar-refractivity contribution in [2.24, 2.45) is 0 Å². The zero-order valence-corrected chi connectivity index (χ0v) is 12.1. The molecule has 94 valence electrons. The molecule has 0 unspecified atom stereocenters. The predicted octanol–water partition coefficient (Wildman–Crippen LogP) is 3.68. The molecule has 0 aliphatic rings. The van der Waals surface area contributed by atoms with Gasteiger partial charge in [0.25, 0.3) is 0 Å². The number of nitrogens with zero attached hydrogens (tertiary/aromatic N) is 3. The number of hydrogen-bond acceptors (Lipinski definition) is 5. The first kappa shape index (κ1) is 13.4. The molecule has 0 aromatic carbocycles. The Morgan fingerprint density at radius 2 is 2.00 bits per heavy atom. The molecule has 0 bridgehead atoms. The average Bonchev–Trinajstić information content (AvgIpc) is 2.33. The molecule has 0 saturated heterocycles. The van der Waals surface area contributed by atoms with E-state index in [2.05, 4.69) is 20.3 Å². The summed E-state index contributed by atoms with van der Waals surface area (Å²) in [4.78, 5) is 12.8. The van der Waals surface area contributed by atoms with Crippen LogP contribution in [0.2, 0.25) is 10.0 Å². The molecule has 0 radical (unpaired) electrons. The summed E-state index contributed by atoms with van der Waals surface area (Å²) in [7, 11) is 1.75. The minimum Gasteiger partial charge on any atom is -0.372 e. The summed E-state index contributed by atoms with van der Waals surface area (Å²) < 4.78 is 0. The molecule has 0 atom stereocenters. The van der Waals surface area contributed by atoms with E-state index in [1.807, 2.05) is 13.0 Å². The van der Waals surface area contributed by atoms with Crippen LogP contribution in [-0.4, -0.2) is 22.0 Å². The van der Waals surface area contributed by atoms with Gasteiger partial charge in [-0.25, -0.2) is 15.0 Å². The average molecular weight is 301 g/mol. The van der Waals surface area contributed by atoms with Gasteiger partial charge in [-0.2, -0.15) is 0 Å². The Morgan fingerprint density at radius 1 is 1.22 bits per heavy atom. The second-order valence-electron chi connectivity index (χ2n) is 3.44. The van der Waals surface area contributed by atoms with Gasteiger partial charge in [-0.1, -0.05) is 23.2 Å². The van der Waals surface area contributed by atoms with Crippen LogP contribution >= 0.6 is 35.0 Å². The summed E-state index contributed by atoms with van der Waals surface area (Å²) in [6, 6.07) is 3.49. The van der Waals surface area contributed by atoms with E-state index >= 15 is 0 Å². The molecule has 1 N–H and O–H groups in total. The van der Waals surface area contributed by atoms with Gasteiger partial charge in [-0.3, -0.25) is 0 Å². The smallest absolute Gasteiger partial charge is 0.194 e. The molecule has 2 aromatic heterocycles. The van der Waals surface area contributed by atoms with Crippen LogP contribution in [0.3, 0.4) is 0 Å². The molecule has 0 aliphatic carbocycles. The maximum absolute atomic E-state index is 6.10. The van der Waals surface area contributed by atoms with Crippen LogP contribution in [-0.2, 0) is 0 Å². The van der Waals surface area contributed by atoms with E-state index in [-0.39, 0.29) is 0 Å². The van der Waals surface area contributed by atoms with Gasteiger partial charge in [-0.05, 0) is 30.8 Å². The number of aromatic nitrogens is 3. The van der Waals surface area contributed by atoms with Gasteiger partial charge in [0, 0.05) is 18.9 Å². The third-order valence-electron chi connectivity index (χ3n) is 2.09. The maximum Gasteiger partial charge on any atom is 0.194 e. The Labute approximate surface area is 119 Å². The van der Waals surface area contributed by atoms with Gasteiger partial charge >= 0.3 is 0 Å². The summed E-state index contributed by atoms with van der Waals surface area (Å²) in [5.41, 5.74) is 0.895. The number of pyridine rings is 1. The van der Waals surface area contributed by atoms with Crippen molar-refractivity contribution in [3.05, 3.63) is 34.1 Å². The quantitative estimate of drug-likeness (QED) is 0.876. The highest BCUT2D eigenvalue weighted by molar-refractivity contribution is 7.99. The fourth-order valence-corrected chi connectivity index (χ4v) is 2.60. The second-order valence-corrected chi connectivity index (χ2v) is 5.21. The van der Waals surface area contributed by atoms with Crippen LogP contribution in [0.4, 0.5) is 5.82 Å². The van der Waals surface area contributed by atoms with Crippen molar-refractivity contribution in [3.63, 3.8) is 0 Å². The zero-order valence-electron chi connectivity index (χ0n) is 9.74. The molecular formula is C11H10Cl2N4S. The van der Waals surface area contributed by atoms with Crippen molar-refractivity contribution < 1.29 is 0 Å². The van der Waals surface area contributed by atoms with Gasteiger partial charge in [0.2, 0.25) is 0 Å². The predicted molar refractivity (Wildman–Crippen MR) is 74.7 cm³/mol. The molecule has 0 aliphatic heterocycles. The number of halogens is 2. The fourth-order valence-electron chi connectivity index (χ4n) is 1.26. The van der Waals surface area contributed by atoms with Crippen molar-refractivity contribution in [2.45, 2.75) is 17.1 Å². The molecule has 7 heteroatoms. The highest BCUT2D eigenvalue weighted by Gasteiger charge is 2.11. The van der Waals surface area contributed by atoms with Gasteiger partial charge in [0.15, 0.2) is 5.16 Å². The zero-order chi connectivity index (χ0) is 13.1. The molecular weight excluding hydrogens is 291 g/mol. The first-order valence-electron chi connectivity index (χ1n) is 5.11. The minimum atomic E-state index is 0.481. The first-order chi connectivity index (χ1) is 8.60. The highest BCUT2D eigenvalue weighted by atomic mass is 35.5. The van der Waals surface area contributed by atoms with E-state index in [1.54, 1.807) is 19.3 Å². The van der Waals surface area contributed by atoms with Gasteiger partial charge in [-0.15, -0.1) is 0 Å². The molecule has 2 rings (SSSR count). The Bertz CT molecular complexity index is 577. The van der Waals surface area contributed by atoms with Crippen LogP contribution in [0.25, 0.3) is 0 Å². The van der Waals surface area contributed by atoms with E-state index in [1.165, 1.54) is 11.8 Å². The maximum atomic E-state index is 6.10. The molecule has 0 amide bonds. The number of nitrogens with one attached hydrogen (secondary N) is 1. The van der Waals surface area contributed by atoms with Crippen LogP contribution in [0, 0.1) is 6.92 Å². The van der Waals surface area contributed by atoms with Crippen molar-refractivity contribution in [2.75, 3.05) is 12.4 Å². The summed E-state index contributed by atoms with van der Waals surface area (Å²) >= 11 is 13.4. The normalized spacial score (nSPS) is 10.4. The number of anilines is 1. The Balaban J connectivity index is 2.34. The lowest BCUT2D eigenvalue weighted by Crippen LogP contribution is -1.96. The van der Waals surface area contributed by atoms with Crippen molar-refractivity contribution in [3.8, 4) is 0 Å². The molecule has 18 heavy (non-hydrogen) atoms. The fraction of sp³-hybridized carbons (Fsp3) is 0.182. The number of rotatable bonds is 3. The van der Waals surface area contributed by atoms with Crippen molar-refractivity contribution in [1.29, 1.82) is 0 Å². The first-order valence-corrected chi connectivity index (χ1v) is 6.68. The van der Waals surface area contributed by atoms with Crippen LogP contribution in [0.5, 0.6) is 0 Å². The van der Waals surface area contributed by atoms with E-state index < -0.39 is 0 Å². The van der Waals surface area contributed by atoms with Crippen LogP contribution < -0.4 is 5.32 Å². The molecule has 2 aromatic rings. The highest BCUT2D eigenvalue weighted by Crippen LogP contribution is 2.34. The minimum absolute atomic E-state index is 0.481. The largest absolute Gasteiger partial charge is 0.372 e. The summed E-state index contributed by atoms with van der Waals surface area (Å²) in [6.45, 7) is 1.90. The number of hydrogen-bond donors (Lipinski definition) is 1. The van der Waals surface area contributed by atoms with Gasteiger partial charge in [0.05, 0.1) is 10.0 Å². The molecule has 0 fully saturated rings. The number of aryl methyl sites for hydroxylation is 1. The topological polar surface area (TPSA) is 50.7 Å². The monoisotopic (exact) mass is 300 g/mol. The van der Waals surface area contributed by atoms with Crippen LogP contribution in [0.1, 0.15) is 5.69 Å². The molecule has 0 saturated carbocycles. The standard InChI is InChI=1S/C11H10Cl2N4S/c1-6-3-4-15-11(16-6)18-10-8(13)5-7(12)9(14-2)17-10/h3-5H,1-2H3,(H,14,17). The van der Waals surface area contributed by atoms with Crippen molar-refractivity contribution in [1.82, 2.24) is 15.0 Å². The van der Waals surface area contributed by atoms with E-state index in [4.69, 9.17) is 23.2 Å². The lowest BCUT2D eigenvalue weighted by molar-refractivity contribution is 0.928. The third-order valence-corrected chi connectivity index (χ3v) is 3.67. The Kier molecular flexibility index (Phi) is 4.27. The Hall–Kier alpha value is -1.04. The van der Waals surface area contributed by atoms with Gasteiger partial charge < -0.3 is 5.32 Å². The third kappa shape index (κ3) is 3.04.